The first-order valence-electron chi connectivity index (χ1n) is 8.52. The maximum Gasteiger partial charge on any atom is 0.255 e. The highest BCUT2D eigenvalue weighted by atomic mass is 35.5. The molecule has 1 unspecified atom stereocenters. The lowest BCUT2D eigenvalue weighted by Crippen LogP contribution is -2.42. The molecule has 5 nitrogen and oxygen atoms in total. The second kappa shape index (κ2) is 10.1. The van der Waals surface area contributed by atoms with Crippen molar-refractivity contribution in [2.45, 2.75) is 38.6 Å². The molecular weight excluding hydrogens is 347 g/mol. The van der Waals surface area contributed by atoms with Gasteiger partial charge in [0.05, 0.1) is 5.56 Å². The zero-order chi connectivity index (χ0) is 15.4. The fourth-order valence-electron chi connectivity index (χ4n) is 3.41. The zero-order valence-electron chi connectivity index (χ0n) is 14.2. The summed E-state index contributed by atoms with van der Waals surface area (Å²) in [4.78, 5) is 21.6. The molecule has 0 bridgehead atoms. The smallest absolute Gasteiger partial charge is 0.255 e. The second-order valence-corrected chi connectivity index (χ2v) is 6.24. The SMILES string of the molecule is CCCN(C(=O)c1ccc(N2CCCC2)nc1)C1CCNC1.Cl.Cl. The summed E-state index contributed by atoms with van der Waals surface area (Å²) in [6.07, 6.45) is 6.26. The van der Waals surface area contributed by atoms with Gasteiger partial charge in [0.1, 0.15) is 5.82 Å². The molecule has 1 aromatic rings. The van der Waals surface area contributed by atoms with E-state index in [1.807, 2.05) is 17.0 Å². The number of hydrogen-bond acceptors (Lipinski definition) is 4. The third-order valence-electron chi connectivity index (χ3n) is 4.63. The van der Waals surface area contributed by atoms with Crippen molar-refractivity contribution in [2.75, 3.05) is 37.6 Å². The van der Waals surface area contributed by atoms with Crippen LogP contribution >= 0.6 is 24.8 Å². The molecule has 0 radical (unpaired) electrons. The van der Waals surface area contributed by atoms with Crippen LogP contribution in [-0.2, 0) is 0 Å². The summed E-state index contributed by atoms with van der Waals surface area (Å²) in [6, 6.07) is 4.26. The lowest BCUT2D eigenvalue weighted by molar-refractivity contribution is 0.0692. The standard InChI is InChI=1S/C17H26N4O.2ClH/c1-2-9-21(15-7-8-18-13-15)17(22)14-5-6-16(19-12-14)20-10-3-4-11-20;;/h5-6,12,15,18H,2-4,7-11,13H2,1H3;2*1H. The van der Waals surface area contributed by atoms with Gasteiger partial charge in [-0.05, 0) is 44.4 Å². The number of nitrogens with zero attached hydrogens (tertiary/aromatic N) is 3. The molecule has 1 N–H and O–H groups in total. The highest BCUT2D eigenvalue weighted by molar-refractivity contribution is 5.94. The molecule has 3 heterocycles. The van der Waals surface area contributed by atoms with Crippen LogP contribution in [-0.4, -0.2) is 54.6 Å². The Morgan fingerprint density at radius 2 is 2.08 bits per heavy atom. The number of nitrogens with one attached hydrogen (secondary N) is 1. The van der Waals surface area contributed by atoms with Gasteiger partial charge in [-0.15, -0.1) is 24.8 Å². The van der Waals surface area contributed by atoms with E-state index in [2.05, 4.69) is 22.1 Å². The first kappa shape index (κ1) is 21.0. The van der Waals surface area contributed by atoms with E-state index in [0.29, 0.717) is 11.6 Å². The predicted molar refractivity (Wildman–Crippen MR) is 103 cm³/mol. The van der Waals surface area contributed by atoms with Crippen LogP contribution in [0.1, 0.15) is 43.0 Å². The van der Waals surface area contributed by atoms with Gasteiger partial charge in [0, 0.05) is 38.4 Å². The van der Waals surface area contributed by atoms with E-state index in [1.165, 1.54) is 12.8 Å². The second-order valence-electron chi connectivity index (χ2n) is 6.24. The summed E-state index contributed by atoms with van der Waals surface area (Å²) in [7, 11) is 0. The fourth-order valence-corrected chi connectivity index (χ4v) is 3.41. The Kier molecular flexibility index (Phi) is 8.81. The minimum Gasteiger partial charge on any atom is -0.357 e. The van der Waals surface area contributed by atoms with Crippen molar-refractivity contribution >= 4 is 36.5 Å². The van der Waals surface area contributed by atoms with Crippen molar-refractivity contribution < 1.29 is 4.79 Å². The van der Waals surface area contributed by atoms with Crippen LogP contribution in [0.4, 0.5) is 5.82 Å². The van der Waals surface area contributed by atoms with E-state index >= 15 is 0 Å². The Morgan fingerprint density at radius 1 is 1.33 bits per heavy atom. The van der Waals surface area contributed by atoms with Gasteiger partial charge >= 0.3 is 0 Å². The minimum atomic E-state index is 0. The summed E-state index contributed by atoms with van der Waals surface area (Å²) in [5, 5.41) is 3.35. The van der Waals surface area contributed by atoms with E-state index in [9.17, 15) is 4.79 Å². The minimum absolute atomic E-state index is 0. The van der Waals surface area contributed by atoms with Gasteiger partial charge in [-0.1, -0.05) is 6.92 Å². The summed E-state index contributed by atoms with van der Waals surface area (Å²) in [5.41, 5.74) is 0.711. The quantitative estimate of drug-likeness (QED) is 0.860. The summed E-state index contributed by atoms with van der Waals surface area (Å²) < 4.78 is 0. The summed E-state index contributed by atoms with van der Waals surface area (Å²) in [6.45, 7) is 7.01. The van der Waals surface area contributed by atoms with Crippen LogP contribution in [0.3, 0.4) is 0 Å². The van der Waals surface area contributed by atoms with Crippen LogP contribution in [0.25, 0.3) is 0 Å². The average Bonchev–Trinajstić information content (AvgIpc) is 3.25. The Labute approximate surface area is 157 Å². The molecule has 7 heteroatoms. The third kappa shape index (κ3) is 4.74. The Morgan fingerprint density at radius 3 is 2.62 bits per heavy atom. The molecule has 1 aromatic heterocycles. The maximum atomic E-state index is 12.8. The van der Waals surface area contributed by atoms with Gasteiger partial charge in [-0.2, -0.15) is 0 Å². The van der Waals surface area contributed by atoms with E-state index in [-0.39, 0.29) is 30.7 Å². The monoisotopic (exact) mass is 374 g/mol. The molecule has 3 rings (SSSR count). The molecule has 1 atom stereocenters. The molecule has 0 saturated carbocycles. The van der Waals surface area contributed by atoms with E-state index in [4.69, 9.17) is 0 Å². The van der Waals surface area contributed by atoms with Crippen LogP contribution in [0.15, 0.2) is 18.3 Å². The van der Waals surface area contributed by atoms with Gasteiger partial charge < -0.3 is 15.1 Å². The van der Waals surface area contributed by atoms with Crippen LogP contribution in [0, 0.1) is 0 Å². The molecule has 2 saturated heterocycles. The fraction of sp³-hybridized carbons (Fsp3) is 0.647. The number of rotatable bonds is 5. The maximum absolute atomic E-state index is 12.8. The summed E-state index contributed by atoms with van der Waals surface area (Å²) >= 11 is 0. The highest BCUT2D eigenvalue weighted by Gasteiger charge is 2.27. The van der Waals surface area contributed by atoms with Gasteiger partial charge in [0.2, 0.25) is 0 Å². The van der Waals surface area contributed by atoms with Crippen LogP contribution in [0.5, 0.6) is 0 Å². The number of halogens is 2. The number of carbonyl (C=O) groups excluding carboxylic acids is 1. The largest absolute Gasteiger partial charge is 0.357 e. The molecule has 136 valence electrons. The van der Waals surface area contributed by atoms with Crippen molar-refractivity contribution in [3.63, 3.8) is 0 Å². The van der Waals surface area contributed by atoms with Gasteiger partial charge in [-0.3, -0.25) is 4.79 Å². The molecular formula is C17H28Cl2N4O. The molecule has 2 aliphatic heterocycles. The average molecular weight is 375 g/mol. The number of anilines is 1. The van der Waals surface area contributed by atoms with Gasteiger partial charge in [0.15, 0.2) is 0 Å². The zero-order valence-corrected chi connectivity index (χ0v) is 15.9. The first-order chi connectivity index (χ1) is 10.8. The van der Waals surface area contributed by atoms with Crippen LogP contribution < -0.4 is 10.2 Å². The number of amides is 1. The normalized spacial score (nSPS) is 19.5. The van der Waals surface area contributed by atoms with E-state index < -0.39 is 0 Å². The molecule has 1 amide bonds. The molecule has 0 aromatic carbocycles. The Hall–Kier alpha value is -1.04. The van der Waals surface area contributed by atoms with Gasteiger partial charge in [0.25, 0.3) is 5.91 Å². The van der Waals surface area contributed by atoms with Crippen molar-refractivity contribution in [3.05, 3.63) is 23.9 Å². The van der Waals surface area contributed by atoms with Crippen LogP contribution in [0.2, 0.25) is 0 Å². The third-order valence-corrected chi connectivity index (χ3v) is 4.63. The van der Waals surface area contributed by atoms with Crippen molar-refractivity contribution in [3.8, 4) is 0 Å². The topological polar surface area (TPSA) is 48.5 Å². The molecule has 0 spiro atoms. The van der Waals surface area contributed by atoms with E-state index in [1.54, 1.807) is 6.20 Å². The van der Waals surface area contributed by atoms with Gasteiger partial charge in [-0.25, -0.2) is 4.98 Å². The number of carbonyl (C=O) groups is 1. The van der Waals surface area contributed by atoms with Crippen molar-refractivity contribution in [1.82, 2.24) is 15.2 Å². The first-order valence-corrected chi connectivity index (χ1v) is 8.52. The van der Waals surface area contributed by atoms with Crippen molar-refractivity contribution in [2.24, 2.45) is 0 Å². The number of hydrogen-bond donors (Lipinski definition) is 1. The predicted octanol–water partition coefficient (Wildman–Crippen LogP) is 2.74. The van der Waals surface area contributed by atoms with E-state index in [0.717, 1.165) is 51.4 Å². The summed E-state index contributed by atoms with van der Waals surface area (Å²) in [5.74, 6) is 1.12. The molecule has 2 fully saturated rings. The Balaban J connectivity index is 0.00000144. The molecule has 2 aliphatic rings. The molecule has 0 aliphatic carbocycles. The van der Waals surface area contributed by atoms with Crippen molar-refractivity contribution in [1.29, 1.82) is 0 Å². The highest BCUT2D eigenvalue weighted by Crippen LogP contribution is 2.19. The Bertz CT molecular complexity index is 500. The number of aromatic nitrogens is 1. The lowest BCUT2D eigenvalue weighted by Gasteiger charge is -2.28. The molecule has 24 heavy (non-hydrogen) atoms. The lowest BCUT2D eigenvalue weighted by atomic mass is 10.1. The number of pyridine rings is 1.